The van der Waals surface area contributed by atoms with Gasteiger partial charge in [0.15, 0.2) is 0 Å². The fourth-order valence-electron chi connectivity index (χ4n) is 1.42. The van der Waals surface area contributed by atoms with Crippen LogP contribution in [0.1, 0.15) is 5.56 Å². The number of ether oxygens (including phenoxy) is 2. The van der Waals surface area contributed by atoms with E-state index in [0.717, 1.165) is 11.3 Å². The molecule has 0 atom stereocenters. The van der Waals surface area contributed by atoms with Crippen molar-refractivity contribution in [2.24, 2.45) is 0 Å². The monoisotopic (exact) mass is 254 g/mol. The number of aryl methyl sites for hydroxylation is 1. The second-order valence-electron chi connectivity index (χ2n) is 3.79. The molecule has 0 aliphatic heterocycles. The summed E-state index contributed by atoms with van der Waals surface area (Å²) in [6, 6.07) is 4.76. The molecule has 6 heteroatoms. The Morgan fingerprint density at radius 3 is 2.78 bits per heavy atom. The summed E-state index contributed by atoms with van der Waals surface area (Å²) >= 11 is 0. The van der Waals surface area contributed by atoms with Crippen LogP contribution in [0.4, 0.5) is 11.4 Å². The third-order valence-corrected chi connectivity index (χ3v) is 2.43. The van der Waals surface area contributed by atoms with Gasteiger partial charge in [-0.15, -0.1) is 0 Å². The van der Waals surface area contributed by atoms with Crippen LogP contribution in [0.5, 0.6) is 0 Å². The van der Waals surface area contributed by atoms with E-state index in [2.05, 4.69) is 5.32 Å². The second kappa shape index (κ2) is 7.62. The van der Waals surface area contributed by atoms with Gasteiger partial charge < -0.3 is 14.8 Å². The molecular formula is C12H18N2O4. The highest BCUT2D eigenvalue weighted by atomic mass is 16.6. The number of benzene rings is 1. The summed E-state index contributed by atoms with van der Waals surface area (Å²) < 4.78 is 10.1. The number of nitrogens with one attached hydrogen (secondary N) is 1. The number of rotatable bonds is 8. The van der Waals surface area contributed by atoms with Crippen molar-refractivity contribution < 1.29 is 14.4 Å². The van der Waals surface area contributed by atoms with E-state index in [0.29, 0.717) is 26.4 Å². The van der Waals surface area contributed by atoms with Crippen molar-refractivity contribution in [1.29, 1.82) is 0 Å². The van der Waals surface area contributed by atoms with Crippen LogP contribution in [0, 0.1) is 17.0 Å². The molecule has 0 saturated heterocycles. The first-order chi connectivity index (χ1) is 8.65. The minimum atomic E-state index is -0.403. The summed E-state index contributed by atoms with van der Waals surface area (Å²) in [5.74, 6) is 0. The first-order valence-corrected chi connectivity index (χ1v) is 5.70. The molecular weight excluding hydrogens is 236 g/mol. The Hall–Kier alpha value is -1.66. The third kappa shape index (κ3) is 4.68. The molecule has 1 aromatic rings. The lowest BCUT2D eigenvalue weighted by Crippen LogP contribution is -2.12. The van der Waals surface area contributed by atoms with Crippen molar-refractivity contribution in [3.05, 3.63) is 33.9 Å². The molecule has 0 aliphatic carbocycles. The predicted molar refractivity (Wildman–Crippen MR) is 69.0 cm³/mol. The third-order valence-electron chi connectivity index (χ3n) is 2.43. The largest absolute Gasteiger partial charge is 0.382 e. The molecule has 0 radical (unpaired) electrons. The molecule has 0 unspecified atom stereocenters. The molecule has 18 heavy (non-hydrogen) atoms. The quantitative estimate of drug-likeness (QED) is 0.436. The van der Waals surface area contributed by atoms with Gasteiger partial charge in [-0.25, -0.2) is 0 Å². The first-order valence-electron chi connectivity index (χ1n) is 5.70. The zero-order valence-electron chi connectivity index (χ0n) is 10.6. The van der Waals surface area contributed by atoms with Crippen molar-refractivity contribution >= 4 is 11.4 Å². The number of non-ortho nitro benzene ring substituents is 1. The van der Waals surface area contributed by atoms with Crippen LogP contribution >= 0.6 is 0 Å². The van der Waals surface area contributed by atoms with Crippen molar-refractivity contribution in [3.63, 3.8) is 0 Å². The minimum Gasteiger partial charge on any atom is -0.382 e. The van der Waals surface area contributed by atoms with Gasteiger partial charge in [0.2, 0.25) is 0 Å². The van der Waals surface area contributed by atoms with Crippen LogP contribution in [0.3, 0.4) is 0 Å². The predicted octanol–water partition coefficient (Wildman–Crippen LogP) is 1.98. The molecule has 0 amide bonds. The molecule has 6 nitrogen and oxygen atoms in total. The number of nitro benzene ring substituents is 1. The Morgan fingerprint density at radius 1 is 1.33 bits per heavy atom. The van der Waals surface area contributed by atoms with Crippen molar-refractivity contribution in [3.8, 4) is 0 Å². The van der Waals surface area contributed by atoms with Crippen LogP contribution in [0.15, 0.2) is 18.2 Å². The molecule has 0 fully saturated rings. The number of nitro groups is 1. The van der Waals surface area contributed by atoms with Crippen molar-refractivity contribution in [1.82, 2.24) is 0 Å². The van der Waals surface area contributed by atoms with Gasteiger partial charge in [-0.1, -0.05) is 6.07 Å². The molecule has 100 valence electrons. The number of methoxy groups -OCH3 is 1. The number of hydrogen-bond donors (Lipinski definition) is 1. The summed E-state index contributed by atoms with van der Waals surface area (Å²) in [7, 11) is 1.62. The number of hydrogen-bond acceptors (Lipinski definition) is 5. The fourth-order valence-corrected chi connectivity index (χ4v) is 1.42. The maximum atomic E-state index is 10.7. The van der Waals surface area contributed by atoms with Crippen LogP contribution in [0.2, 0.25) is 0 Å². The van der Waals surface area contributed by atoms with Gasteiger partial charge in [-0.3, -0.25) is 10.1 Å². The first kappa shape index (κ1) is 14.4. The van der Waals surface area contributed by atoms with E-state index >= 15 is 0 Å². The Kier molecular flexibility index (Phi) is 6.10. The van der Waals surface area contributed by atoms with Crippen LogP contribution < -0.4 is 5.32 Å². The lowest BCUT2D eigenvalue weighted by molar-refractivity contribution is -0.384. The molecule has 1 aromatic carbocycles. The summed E-state index contributed by atoms with van der Waals surface area (Å²) in [4.78, 5) is 10.2. The Bertz CT molecular complexity index is 396. The second-order valence-corrected chi connectivity index (χ2v) is 3.79. The topological polar surface area (TPSA) is 73.6 Å². The average Bonchev–Trinajstić information content (AvgIpc) is 2.35. The van der Waals surface area contributed by atoms with E-state index in [1.807, 2.05) is 6.92 Å². The summed E-state index contributed by atoms with van der Waals surface area (Å²) in [5, 5.41) is 13.8. The zero-order chi connectivity index (χ0) is 13.4. The van der Waals surface area contributed by atoms with E-state index < -0.39 is 4.92 Å². The molecule has 0 bridgehead atoms. The number of anilines is 1. The maximum Gasteiger partial charge on any atom is 0.271 e. The van der Waals surface area contributed by atoms with Gasteiger partial charge in [0, 0.05) is 31.5 Å². The molecule has 1 N–H and O–H groups in total. The fraction of sp³-hybridized carbons (Fsp3) is 0.500. The molecule has 0 saturated carbocycles. The normalized spacial score (nSPS) is 10.3. The highest BCUT2D eigenvalue weighted by molar-refractivity contribution is 5.56. The smallest absolute Gasteiger partial charge is 0.271 e. The van der Waals surface area contributed by atoms with Crippen molar-refractivity contribution in [2.45, 2.75) is 6.92 Å². The molecule has 0 heterocycles. The minimum absolute atomic E-state index is 0.0865. The summed E-state index contributed by atoms with van der Waals surface area (Å²) in [6.07, 6.45) is 0. The van der Waals surface area contributed by atoms with E-state index in [-0.39, 0.29) is 5.69 Å². The molecule has 0 aliphatic rings. The van der Waals surface area contributed by atoms with Gasteiger partial charge in [0.25, 0.3) is 5.69 Å². The Labute approximate surface area is 106 Å². The van der Waals surface area contributed by atoms with Crippen molar-refractivity contribution in [2.75, 3.05) is 38.8 Å². The van der Waals surface area contributed by atoms with Gasteiger partial charge in [-0.2, -0.15) is 0 Å². The molecule has 0 aromatic heterocycles. The summed E-state index contributed by atoms with van der Waals surface area (Å²) in [6.45, 7) is 4.15. The highest BCUT2D eigenvalue weighted by Gasteiger charge is 2.07. The van der Waals surface area contributed by atoms with Gasteiger partial charge in [-0.05, 0) is 12.5 Å². The zero-order valence-corrected chi connectivity index (χ0v) is 10.6. The van der Waals surface area contributed by atoms with Crippen LogP contribution in [0.25, 0.3) is 0 Å². The lowest BCUT2D eigenvalue weighted by Gasteiger charge is -2.09. The highest BCUT2D eigenvalue weighted by Crippen LogP contribution is 2.21. The standard InChI is InChI=1S/C12H18N2O4/c1-10-3-4-11(14(15)16)9-12(10)13-5-6-18-8-7-17-2/h3-4,9,13H,5-8H2,1-2H3. The molecule has 1 rings (SSSR count). The van der Waals surface area contributed by atoms with Gasteiger partial charge in [0.1, 0.15) is 0 Å². The van der Waals surface area contributed by atoms with E-state index in [9.17, 15) is 10.1 Å². The molecule has 0 spiro atoms. The number of nitrogens with zero attached hydrogens (tertiary/aromatic N) is 1. The summed E-state index contributed by atoms with van der Waals surface area (Å²) in [5.41, 5.74) is 1.82. The van der Waals surface area contributed by atoms with Gasteiger partial charge >= 0.3 is 0 Å². The van der Waals surface area contributed by atoms with E-state index in [1.165, 1.54) is 12.1 Å². The van der Waals surface area contributed by atoms with E-state index in [4.69, 9.17) is 9.47 Å². The van der Waals surface area contributed by atoms with Crippen LogP contribution in [-0.4, -0.2) is 38.4 Å². The SMILES string of the molecule is COCCOCCNc1cc([N+](=O)[O-])ccc1C. The average molecular weight is 254 g/mol. The van der Waals surface area contributed by atoms with Gasteiger partial charge in [0.05, 0.1) is 24.7 Å². The van der Waals surface area contributed by atoms with E-state index in [1.54, 1.807) is 13.2 Å². The van der Waals surface area contributed by atoms with Crippen LogP contribution in [-0.2, 0) is 9.47 Å². The lowest BCUT2D eigenvalue weighted by atomic mass is 10.2. The Balaban J connectivity index is 2.41. The Morgan fingerprint density at radius 2 is 2.11 bits per heavy atom. The maximum absolute atomic E-state index is 10.7.